The van der Waals surface area contributed by atoms with Crippen LogP contribution in [0.2, 0.25) is 0 Å². The van der Waals surface area contributed by atoms with Crippen LogP contribution in [0, 0.1) is 22.7 Å². The van der Waals surface area contributed by atoms with E-state index in [9.17, 15) is 4.79 Å². The molecule has 0 saturated heterocycles. The van der Waals surface area contributed by atoms with Crippen LogP contribution in [0.3, 0.4) is 0 Å². The lowest BCUT2D eigenvalue weighted by Gasteiger charge is -2.06. The van der Waals surface area contributed by atoms with Gasteiger partial charge in [-0.25, -0.2) is 0 Å². The van der Waals surface area contributed by atoms with Gasteiger partial charge in [0.1, 0.15) is 17.7 Å². The van der Waals surface area contributed by atoms with Crippen molar-refractivity contribution in [2.24, 2.45) is 0 Å². The van der Waals surface area contributed by atoms with Gasteiger partial charge in [0.25, 0.3) is 5.91 Å². The zero-order valence-corrected chi connectivity index (χ0v) is 12.2. The van der Waals surface area contributed by atoms with Crippen molar-refractivity contribution < 1.29 is 4.79 Å². The normalized spacial score (nSPS) is 10.3. The second kappa shape index (κ2) is 7.96. The number of amides is 1. The summed E-state index contributed by atoms with van der Waals surface area (Å²) in [4.78, 5) is 15.9. The minimum atomic E-state index is -0.502. The van der Waals surface area contributed by atoms with Crippen LogP contribution in [0.1, 0.15) is 11.1 Å². The van der Waals surface area contributed by atoms with Gasteiger partial charge in [-0.05, 0) is 23.8 Å². The zero-order chi connectivity index (χ0) is 16.5. The van der Waals surface area contributed by atoms with Crippen molar-refractivity contribution in [3.05, 3.63) is 71.7 Å². The van der Waals surface area contributed by atoms with E-state index in [2.05, 4.69) is 15.6 Å². The Morgan fingerprint density at radius 1 is 1.22 bits per heavy atom. The van der Waals surface area contributed by atoms with Crippen LogP contribution in [-0.4, -0.2) is 10.9 Å². The van der Waals surface area contributed by atoms with Crippen LogP contribution < -0.4 is 10.6 Å². The van der Waals surface area contributed by atoms with Gasteiger partial charge in [-0.1, -0.05) is 18.2 Å². The number of carbonyl (C=O) groups excluding carboxylic acids is 1. The Hall–Kier alpha value is -3.64. The highest BCUT2D eigenvalue weighted by Gasteiger charge is 2.09. The number of aromatic nitrogens is 1. The van der Waals surface area contributed by atoms with Gasteiger partial charge >= 0.3 is 0 Å². The molecule has 6 nitrogen and oxygen atoms in total. The minimum absolute atomic E-state index is 0.0818. The standard InChI is InChI=1S/C17H13N5O/c18-8-14-5-1-2-6-16(14)21-12-15(9-19)17(23)22-11-13-4-3-7-20-10-13/h1-7,10,12,21H,11H2,(H,22,23)/b15-12-. The second-order valence-electron chi connectivity index (χ2n) is 4.52. The number of benzene rings is 1. The average Bonchev–Trinajstić information content (AvgIpc) is 2.61. The molecule has 0 bridgehead atoms. The number of rotatable bonds is 5. The molecule has 1 aromatic heterocycles. The van der Waals surface area contributed by atoms with Gasteiger partial charge in [-0.15, -0.1) is 0 Å². The number of para-hydroxylation sites is 1. The number of nitriles is 2. The summed E-state index contributed by atoms with van der Waals surface area (Å²) < 4.78 is 0. The first-order chi connectivity index (χ1) is 11.2. The monoisotopic (exact) mass is 303 g/mol. The van der Waals surface area contributed by atoms with Crippen LogP contribution in [-0.2, 0) is 11.3 Å². The van der Waals surface area contributed by atoms with Crippen molar-refractivity contribution in [3.63, 3.8) is 0 Å². The van der Waals surface area contributed by atoms with E-state index in [-0.39, 0.29) is 12.1 Å². The summed E-state index contributed by atoms with van der Waals surface area (Å²) in [6.45, 7) is 0.278. The van der Waals surface area contributed by atoms with Crippen LogP contribution >= 0.6 is 0 Å². The SMILES string of the molecule is N#C/C(=C/Nc1ccccc1C#N)C(=O)NCc1cccnc1. The van der Waals surface area contributed by atoms with E-state index in [0.29, 0.717) is 11.3 Å². The molecule has 0 aliphatic rings. The van der Waals surface area contributed by atoms with E-state index < -0.39 is 5.91 Å². The Balaban J connectivity index is 2.03. The van der Waals surface area contributed by atoms with Crippen LogP contribution in [0.25, 0.3) is 0 Å². The third-order valence-electron chi connectivity index (χ3n) is 2.96. The molecule has 0 aliphatic heterocycles. The number of hydrogen-bond acceptors (Lipinski definition) is 5. The molecule has 0 fully saturated rings. The molecule has 0 radical (unpaired) electrons. The van der Waals surface area contributed by atoms with Gasteiger partial charge in [0.15, 0.2) is 0 Å². The first-order valence-electron chi connectivity index (χ1n) is 6.77. The number of carbonyl (C=O) groups is 1. The Labute approximate surface area is 133 Å². The molecule has 2 aromatic rings. The summed E-state index contributed by atoms with van der Waals surface area (Å²) in [7, 11) is 0. The number of nitrogens with one attached hydrogen (secondary N) is 2. The molecule has 2 N–H and O–H groups in total. The Bertz CT molecular complexity index is 800. The predicted molar refractivity (Wildman–Crippen MR) is 84.6 cm³/mol. The van der Waals surface area contributed by atoms with Gasteiger partial charge in [-0.3, -0.25) is 9.78 Å². The predicted octanol–water partition coefficient (Wildman–Crippen LogP) is 2.09. The van der Waals surface area contributed by atoms with E-state index in [1.165, 1.54) is 6.20 Å². The van der Waals surface area contributed by atoms with E-state index in [1.807, 2.05) is 18.2 Å². The maximum Gasteiger partial charge on any atom is 0.263 e. The third kappa shape index (κ3) is 4.42. The molecular formula is C17H13N5O. The highest BCUT2D eigenvalue weighted by Crippen LogP contribution is 2.13. The number of hydrogen-bond donors (Lipinski definition) is 2. The van der Waals surface area contributed by atoms with E-state index >= 15 is 0 Å². The van der Waals surface area contributed by atoms with Gasteiger partial charge in [-0.2, -0.15) is 10.5 Å². The summed E-state index contributed by atoms with van der Waals surface area (Å²) in [5.74, 6) is -0.502. The second-order valence-corrected chi connectivity index (χ2v) is 4.52. The summed E-state index contributed by atoms with van der Waals surface area (Å²) in [5.41, 5.74) is 1.71. The quantitative estimate of drug-likeness (QED) is 0.650. The highest BCUT2D eigenvalue weighted by molar-refractivity contribution is 5.97. The Morgan fingerprint density at radius 3 is 2.74 bits per heavy atom. The molecule has 0 atom stereocenters. The average molecular weight is 303 g/mol. The summed E-state index contributed by atoms with van der Waals surface area (Å²) >= 11 is 0. The highest BCUT2D eigenvalue weighted by atomic mass is 16.1. The van der Waals surface area contributed by atoms with Crippen LogP contribution in [0.4, 0.5) is 5.69 Å². The Morgan fingerprint density at radius 2 is 2.04 bits per heavy atom. The molecular weight excluding hydrogens is 290 g/mol. The molecule has 0 aliphatic carbocycles. The first-order valence-corrected chi connectivity index (χ1v) is 6.77. The number of nitrogens with zero attached hydrogens (tertiary/aromatic N) is 3. The van der Waals surface area contributed by atoms with Crippen molar-refractivity contribution in [1.29, 1.82) is 10.5 Å². The maximum absolute atomic E-state index is 12.0. The van der Waals surface area contributed by atoms with Gasteiger partial charge < -0.3 is 10.6 Å². The topological polar surface area (TPSA) is 102 Å². The number of anilines is 1. The van der Waals surface area contributed by atoms with Crippen LogP contribution in [0.5, 0.6) is 0 Å². The lowest BCUT2D eigenvalue weighted by atomic mass is 10.2. The van der Waals surface area contributed by atoms with E-state index in [1.54, 1.807) is 42.7 Å². The molecule has 0 saturated carbocycles. The fraction of sp³-hybridized carbons (Fsp3) is 0.0588. The fourth-order valence-electron chi connectivity index (χ4n) is 1.79. The summed E-state index contributed by atoms with van der Waals surface area (Å²) in [5, 5.41) is 23.6. The molecule has 0 spiro atoms. The van der Waals surface area contributed by atoms with Crippen molar-refractivity contribution >= 4 is 11.6 Å². The summed E-state index contributed by atoms with van der Waals surface area (Å²) in [6, 6.07) is 14.3. The van der Waals surface area contributed by atoms with Crippen molar-refractivity contribution in [1.82, 2.24) is 10.3 Å². The number of pyridine rings is 1. The largest absolute Gasteiger partial charge is 0.359 e. The molecule has 1 aromatic carbocycles. The molecule has 23 heavy (non-hydrogen) atoms. The maximum atomic E-state index is 12.0. The van der Waals surface area contributed by atoms with Crippen LogP contribution in [0.15, 0.2) is 60.6 Å². The lowest BCUT2D eigenvalue weighted by molar-refractivity contribution is -0.117. The smallest absolute Gasteiger partial charge is 0.263 e. The summed E-state index contributed by atoms with van der Waals surface area (Å²) in [6.07, 6.45) is 4.56. The minimum Gasteiger partial charge on any atom is -0.359 e. The van der Waals surface area contributed by atoms with Gasteiger partial charge in [0, 0.05) is 25.1 Å². The molecule has 6 heteroatoms. The Kier molecular flexibility index (Phi) is 5.45. The molecule has 1 amide bonds. The molecule has 1 heterocycles. The molecule has 2 rings (SSSR count). The van der Waals surface area contributed by atoms with Crippen molar-refractivity contribution in [2.75, 3.05) is 5.32 Å². The van der Waals surface area contributed by atoms with E-state index in [4.69, 9.17) is 10.5 Å². The van der Waals surface area contributed by atoms with Gasteiger partial charge in [0.2, 0.25) is 0 Å². The zero-order valence-electron chi connectivity index (χ0n) is 12.2. The van der Waals surface area contributed by atoms with Crippen molar-refractivity contribution in [2.45, 2.75) is 6.54 Å². The first kappa shape index (κ1) is 15.7. The molecule has 112 valence electrons. The lowest BCUT2D eigenvalue weighted by Crippen LogP contribution is -2.24. The van der Waals surface area contributed by atoms with Gasteiger partial charge in [0.05, 0.1) is 11.3 Å². The van der Waals surface area contributed by atoms with E-state index in [0.717, 1.165) is 5.56 Å². The van der Waals surface area contributed by atoms with Crippen molar-refractivity contribution in [3.8, 4) is 12.1 Å². The third-order valence-corrected chi connectivity index (χ3v) is 2.96. The molecule has 0 unspecified atom stereocenters. The fourth-order valence-corrected chi connectivity index (χ4v) is 1.79.